The minimum atomic E-state index is -0.296. The number of ether oxygens (including phenoxy) is 3. The van der Waals surface area contributed by atoms with E-state index in [-0.39, 0.29) is 12.4 Å². The summed E-state index contributed by atoms with van der Waals surface area (Å²) in [6.07, 6.45) is 10.1. The molecule has 0 saturated carbocycles. The maximum absolute atomic E-state index is 6.07. The molecule has 0 aliphatic carbocycles. The summed E-state index contributed by atoms with van der Waals surface area (Å²) in [5.41, 5.74) is 1.24. The van der Waals surface area contributed by atoms with Crippen molar-refractivity contribution in [1.29, 1.82) is 0 Å². The van der Waals surface area contributed by atoms with Gasteiger partial charge in [0.2, 0.25) is 0 Å². The lowest BCUT2D eigenvalue weighted by atomic mass is 10.0. The molecule has 0 aliphatic heterocycles. The highest BCUT2D eigenvalue weighted by molar-refractivity contribution is 5.17. The van der Waals surface area contributed by atoms with Gasteiger partial charge in [-0.1, -0.05) is 82.2 Å². The standard InChI is InChI=1S/C20H34O3/c1-4-5-6-7-8-9-13-16-19(18-14-11-10-12-15-18)23-17-20(21-2)22-3/h10-12,14-15,19-20H,4-9,13,16-17H2,1-3H3. The second-order valence-corrected chi connectivity index (χ2v) is 6.04. The lowest BCUT2D eigenvalue weighted by Gasteiger charge is -2.21. The zero-order valence-corrected chi connectivity index (χ0v) is 15.1. The maximum atomic E-state index is 6.07. The number of rotatable bonds is 14. The highest BCUT2D eigenvalue weighted by Crippen LogP contribution is 2.24. The van der Waals surface area contributed by atoms with Crippen LogP contribution in [0.5, 0.6) is 0 Å². The van der Waals surface area contributed by atoms with Crippen LogP contribution < -0.4 is 0 Å². The predicted molar refractivity (Wildman–Crippen MR) is 95.6 cm³/mol. The Morgan fingerprint density at radius 2 is 1.43 bits per heavy atom. The molecule has 132 valence electrons. The van der Waals surface area contributed by atoms with Gasteiger partial charge in [0.1, 0.15) is 0 Å². The molecule has 1 unspecified atom stereocenters. The van der Waals surface area contributed by atoms with E-state index in [1.54, 1.807) is 14.2 Å². The smallest absolute Gasteiger partial charge is 0.180 e. The Labute approximate surface area is 142 Å². The van der Waals surface area contributed by atoms with Crippen LogP contribution in [0.4, 0.5) is 0 Å². The van der Waals surface area contributed by atoms with Crippen molar-refractivity contribution < 1.29 is 14.2 Å². The van der Waals surface area contributed by atoms with Crippen LogP contribution in [0.2, 0.25) is 0 Å². The van der Waals surface area contributed by atoms with Gasteiger partial charge in [-0.2, -0.15) is 0 Å². The van der Waals surface area contributed by atoms with Gasteiger partial charge in [0.15, 0.2) is 6.29 Å². The van der Waals surface area contributed by atoms with Crippen LogP contribution in [0, 0.1) is 0 Å². The molecule has 23 heavy (non-hydrogen) atoms. The van der Waals surface area contributed by atoms with Crippen molar-refractivity contribution in [3.8, 4) is 0 Å². The third-order valence-electron chi connectivity index (χ3n) is 4.20. The summed E-state index contributed by atoms with van der Waals surface area (Å²) in [5.74, 6) is 0. The topological polar surface area (TPSA) is 27.7 Å². The van der Waals surface area contributed by atoms with E-state index in [9.17, 15) is 0 Å². The summed E-state index contributed by atoms with van der Waals surface area (Å²) in [7, 11) is 3.29. The third kappa shape index (κ3) is 9.09. The van der Waals surface area contributed by atoms with Crippen molar-refractivity contribution in [2.75, 3.05) is 20.8 Å². The molecule has 0 aromatic heterocycles. The van der Waals surface area contributed by atoms with Crippen molar-refractivity contribution in [2.45, 2.75) is 70.7 Å². The van der Waals surface area contributed by atoms with Gasteiger partial charge in [-0.3, -0.25) is 0 Å². The molecule has 0 amide bonds. The average Bonchev–Trinajstić information content (AvgIpc) is 2.60. The molecule has 1 rings (SSSR count). The van der Waals surface area contributed by atoms with E-state index in [0.717, 1.165) is 6.42 Å². The molecule has 0 heterocycles. The molecule has 0 fully saturated rings. The number of hydrogen-bond acceptors (Lipinski definition) is 3. The van der Waals surface area contributed by atoms with Gasteiger partial charge >= 0.3 is 0 Å². The fourth-order valence-corrected chi connectivity index (χ4v) is 2.73. The van der Waals surface area contributed by atoms with Gasteiger partial charge in [0.05, 0.1) is 12.7 Å². The highest BCUT2D eigenvalue weighted by atomic mass is 16.7. The molecule has 0 saturated heterocycles. The Balaban J connectivity index is 2.36. The Hall–Kier alpha value is -0.900. The first-order chi connectivity index (χ1) is 11.3. The third-order valence-corrected chi connectivity index (χ3v) is 4.20. The summed E-state index contributed by atoms with van der Waals surface area (Å²) in [4.78, 5) is 0. The quantitative estimate of drug-likeness (QED) is 0.334. The van der Waals surface area contributed by atoms with Gasteiger partial charge in [0.25, 0.3) is 0 Å². The Morgan fingerprint density at radius 1 is 0.826 bits per heavy atom. The maximum Gasteiger partial charge on any atom is 0.180 e. The monoisotopic (exact) mass is 322 g/mol. The van der Waals surface area contributed by atoms with E-state index in [0.29, 0.717) is 6.61 Å². The fraction of sp³-hybridized carbons (Fsp3) is 0.700. The van der Waals surface area contributed by atoms with Crippen molar-refractivity contribution in [2.24, 2.45) is 0 Å². The minimum absolute atomic E-state index is 0.125. The van der Waals surface area contributed by atoms with Crippen LogP contribution in [0.3, 0.4) is 0 Å². The second kappa shape index (κ2) is 13.5. The lowest BCUT2D eigenvalue weighted by Crippen LogP contribution is -2.22. The summed E-state index contributed by atoms with van der Waals surface area (Å²) in [6, 6.07) is 10.5. The van der Waals surface area contributed by atoms with E-state index >= 15 is 0 Å². The number of methoxy groups -OCH3 is 2. The summed E-state index contributed by atoms with van der Waals surface area (Å²) < 4.78 is 16.5. The van der Waals surface area contributed by atoms with Gasteiger partial charge in [-0.05, 0) is 12.0 Å². The SMILES string of the molecule is CCCCCCCCCC(OCC(OC)OC)c1ccccc1. The number of hydrogen-bond donors (Lipinski definition) is 0. The van der Waals surface area contributed by atoms with E-state index < -0.39 is 0 Å². The summed E-state index contributed by atoms with van der Waals surface area (Å²) >= 11 is 0. The zero-order valence-electron chi connectivity index (χ0n) is 15.1. The van der Waals surface area contributed by atoms with Gasteiger partial charge < -0.3 is 14.2 Å². The van der Waals surface area contributed by atoms with Crippen LogP contribution >= 0.6 is 0 Å². The molecule has 1 atom stereocenters. The summed E-state index contributed by atoms with van der Waals surface area (Å²) in [5, 5.41) is 0. The largest absolute Gasteiger partial charge is 0.368 e. The van der Waals surface area contributed by atoms with Crippen molar-refractivity contribution in [3.05, 3.63) is 35.9 Å². The first-order valence-electron chi connectivity index (χ1n) is 9.04. The molecule has 0 spiro atoms. The average molecular weight is 322 g/mol. The molecule has 0 bridgehead atoms. The molecule has 1 aromatic rings. The van der Waals surface area contributed by atoms with Gasteiger partial charge in [-0.25, -0.2) is 0 Å². The van der Waals surface area contributed by atoms with Crippen LogP contribution in [-0.2, 0) is 14.2 Å². The predicted octanol–water partition coefficient (Wildman–Crippen LogP) is 5.50. The molecule has 0 radical (unpaired) electrons. The Morgan fingerprint density at radius 3 is 2.04 bits per heavy atom. The van der Waals surface area contributed by atoms with E-state index in [1.165, 1.54) is 50.5 Å². The first-order valence-corrected chi connectivity index (χ1v) is 9.04. The number of unbranched alkanes of at least 4 members (excludes halogenated alkanes) is 6. The van der Waals surface area contributed by atoms with E-state index in [2.05, 4.69) is 31.2 Å². The first kappa shape index (κ1) is 20.1. The molecule has 0 aliphatic rings. The molecule has 3 heteroatoms. The lowest BCUT2D eigenvalue weighted by molar-refractivity contribution is -0.153. The van der Waals surface area contributed by atoms with Gasteiger partial charge in [0, 0.05) is 14.2 Å². The Kier molecular flexibility index (Phi) is 11.9. The van der Waals surface area contributed by atoms with Crippen molar-refractivity contribution in [3.63, 3.8) is 0 Å². The van der Waals surface area contributed by atoms with E-state index in [1.807, 2.05) is 6.07 Å². The van der Waals surface area contributed by atoms with Crippen LogP contribution in [0.1, 0.15) is 70.0 Å². The molecular formula is C20H34O3. The van der Waals surface area contributed by atoms with Crippen LogP contribution in [-0.4, -0.2) is 27.1 Å². The minimum Gasteiger partial charge on any atom is -0.368 e. The zero-order chi connectivity index (χ0) is 16.8. The van der Waals surface area contributed by atoms with Crippen molar-refractivity contribution >= 4 is 0 Å². The van der Waals surface area contributed by atoms with Crippen molar-refractivity contribution in [1.82, 2.24) is 0 Å². The summed E-state index contributed by atoms with van der Waals surface area (Å²) in [6.45, 7) is 2.72. The fourth-order valence-electron chi connectivity index (χ4n) is 2.73. The highest BCUT2D eigenvalue weighted by Gasteiger charge is 2.14. The Bertz CT molecular complexity index is 362. The van der Waals surface area contributed by atoms with Crippen LogP contribution in [0.15, 0.2) is 30.3 Å². The van der Waals surface area contributed by atoms with Crippen LogP contribution in [0.25, 0.3) is 0 Å². The number of benzene rings is 1. The molecule has 3 nitrogen and oxygen atoms in total. The molecule has 1 aromatic carbocycles. The molecule has 0 N–H and O–H groups in total. The van der Waals surface area contributed by atoms with E-state index in [4.69, 9.17) is 14.2 Å². The van der Waals surface area contributed by atoms with Gasteiger partial charge in [-0.15, -0.1) is 0 Å². The normalized spacial score (nSPS) is 12.7. The second-order valence-electron chi connectivity index (χ2n) is 6.04. The molecular weight excluding hydrogens is 288 g/mol.